The van der Waals surface area contributed by atoms with Crippen molar-refractivity contribution in [3.8, 4) is 5.75 Å². The second-order valence-electron chi connectivity index (χ2n) is 7.74. The predicted molar refractivity (Wildman–Crippen MR) is 131 cm³/mol. The average Bonchev–Trinajstić information content (AvgIpc) is 2.86. The molecule has 0 aliphatic rings. The van der Waals surface area contributed by atoms with Gasteiger partial charge in [-0.25, -0.2) is 0 Å². The number of para-hydroxylation sites is 1. The smallest absolute Gasteiger partial charge is 0.243 e. The molecular formula is C27H29ClN2O3. The summed E-state index contributed by atoms with van der Waals surface area (Å²) in [5.41, 5.74) is 2.77. The topological polar surface area (TPSA) is 58.6 Å². The van der Waals surface area contributed by atoms with E-state index in [4.69, 9.17) is 16.3 Å². The van der Waals surface area contributed by atoms with Crippen LogP contribution in [-0.2, 0) is 29.1 Å². The number of amides is 2. The van der Waals surface area contributed by atoms with Crippen molar-refractivity contribution in [1.82, 2.24) is 10.2 Å². The molecule has 172 valence electrons. The summed E-state index contributed by atoms with van der Waals surface area (Å²) in [7, 11) is 1.60. The van der Waals surface area contributed by atoms with Crippen LogP contribution in [0.25, 0.3) is 0 Å². The minimum atomic E-state index is -0.662. The maximum absolute atomic E-state index is 13.5. The van der Waals surface area contributed by atoms with Gasteiger partial charge in [-0.05, 0) is 29.3 Å². The van der Waals surface area contributed by atoms with Gasteiger partial charge in [-0.15, -0.1) is 0 Å². The van der Waals surface area contributed by atoms with Gasteiger partial charge in [0.1, 0.15) is 11.8 Å². The van der Waals surface area contributed by atoms with Crippen LogP contribution in [0.4, 0.5) is 0 Å². The molecule has 0 unspecified atom stereocenters. The molecule has 0 bridgehead atoms. The van der Waals surface area contributed by atoms with Gasteiger partial charge < -0.3 is 15.0 Å². The standard InChI is InChI=1S/C27H29ClN2O3/c1-3-26(31)30(19-21-13-15-23(28)16-14-21)24(17-20-9-5-4-6-10-20)27(32)29-18-22-11-7-8-12-25(22)33-2/h4-16,24H,3,17-19H2,1-2H3,(H,29,32)/t24-/m0/s1. The van der Waals surface area contributed by atoms with E-state index in [9.17, 15) is 9.59 Å². The quantitative estimate of drug-likeness (QED) is 0.458. The average molecular weight is 465 g/mol. The number of rotatable bonds is 10. The first kappa shape index (κ1) is 24.3. The molecule has 0 saturated carbocycles. The van der Waals surface area contributed by atoms with Gasteiger partial charge in [-0.3, -0.25) is 9.59 Å². The summed E-state index contributed by atoms with van der Waals surface area (Å²) in [5.74, 6) is 0.416. The lowest BCUT2D eigenvalue weighted by Gasteiger charge is -2.31. The normalized spacial score (nSPS) is 11.5. The third kappa shape index (κ3) is 6.83. The largest absolute Gasteiger partial charge is 0.496 e. The molecule has 0 saturated heterocycles. The molecule has 1 atom stereocenters. The van der Waals surface area contributed by atoms with E-state index < -0.39 is 6.04 Å². The number of nitrogens with zero attached hydrogens (tertiary/aromatic N) is 1. The molecule has 0 aliphatic carbocycles. The van der Waals surface area contributed by atoms with Crippen LogP contribution in [-0.4, -0.2) is 29.9 Å². The van der Waals surface area contributed by atoms with Crippen molar-refractivity contribution in [3.05, 3.63) is 101 Å². The third-order valence-corrected chi connectivity index (χ3v) is 5.74. The van der Waals surface area contributed by atoms with Gasteiger partial charge >= 0.3 is 0 Å². The molecule has 0 fully saturated rings. The lowest BCUT2D eigenvalue weighted by Crippen LogP contribution is -2.50. The van der Waals surface area contributed by atoms with Gasteiger partial charge in [-0.1, -0.05) is 79.2 Å². The number of hydrogen-bond donors (Lipinski definition) is 1. The highest BCUT2D eigenvalue weighted by atomic mass is 35.5. The van der Waals surface area contributed by atoms with E-state index in [1.54, 1.807) is 24.1 Å². The molecule has 0 heterocycles. The molecule has 3 aromatic carbocycles. The molecular weight excluding hydrogens is 436 g/mol. The number of carbonyl (C=O) groups is 2. The summed E-state index contributed by atoms with van der Waals surface area (Å²) in [6, 6.07) is 24.0. The first-order valence-corrected chi connectivity index (χ1v) is 11.4. The minimum Gasteiger partial charge on any atom is -0.496 e. The zero-order valence-corrected chi connectivity index (χ0v) is 19.7. The maximum Gasteiger partial charge on any atom is 0.243 e. The Morgan fingerprint density at radius 3 is 2.27 bits per heavy atom. The Hall–Kier alpha value is -3.31. The van der Waals surface area contributed by atoms with Gasteiger partial charge in [0.15, 0.2) is 0 Å². The fourth-order valence-electron chi connectivity index (χ4n) is 3.69. The van der Waals surface area contributed by atoms with Crippen LogP contribution in [0.2, 0.25) is 5.02 Å². The second-order valence-corrected chi connectivity index (χ2v) is 8.17. The van der Waals surface area contributed by atoms with Crippen molar-refractivity contribution in [2.75, 3.05) is 7.11 Å². The molecule has 3 aromatic rings. The summed E-state index contributed by atoms with van der Waals surface area (Å²) < 4.78 is 5.40. The van der Waals surface area contributed by atoms with E-state index in [2.05, 4.69) is 5.32 Å². The Bertz CT molecular complexity index is 1050. The fraction of sp³-hybridized carbons (Fsp3) is 0.259. The molecule has 3 rings (SSSR count). The lowest BCUT2D eigenvalue weighted by atomic mass is 10.0. The van der Waals surface area contributed by atoms with Gasteiger partial charge in [-0.2, -0.15) is 0 Å². The summed E-state index contributed by atoms with van der Waals surface area (Å²) in [6.45, 7) is 2.44. The summed E-state index contributed by atoms with van der Waals surface area (Å²) >= 11 is 6.03. The highest BCUT2D eigenvalue weighted by molar-refractivity contribution is 6.30. The fourth-order valence-corrected chi connectivity index (χ4v) is 3.82. The van der Waals surface area contributed by atoms with Crippen LogP contribution in [0.15, 0.2) is 78.9 Å². The van der Waals surface area contributed by atoms with Crippen molar-refractivity contribution < 1.29 is 14.3 Å². The third-order valence-electron chi connectivity index (χ3n) is 5.49. The Kier molecular flexibility index (Phi) is 8.90. The number of halogens is 1. The summed E-state index contributed by atoms with van der Waals surface area (Å²) in [6.07, 6.45) is 0.719. The van der Waals surface area contributed by atoms with Crippen LogP contribution >= 0.6 is 11.6 Å². The molecule has 2 amide bonds. The minimum absolute atomic E-state index is 0.0849. The van der Waals surface area contributed by atoms with E-state index in [1.165, 1.54) is 0 Å². The lowest BCUT2D eigenvalue weighted by molar-refractivity contribution is -0.141. The van der Waals surface area contributed by atoms with Crippen molar-refractivity contribution in [2.45, 2.75) is 38.9 Å². The first-order chi connectivity index (χ1) is 16.0. The van der Waals surface area contributed by atoms with Gasteiger partial charge in [0.2, 0.25) is 11.8 Å². The van der Waals surface area contributed by atoms with E-state index in [0.717, 1.165) is 16.7 Å². The van der Waals surface area contributed by atoms with Crippen molar-refractivity contribution in [2.24, 2.45) is 0 Å². The number of hydrogen-bond acceptors (Lipinski definition) is 3. The monoisotopic (exact) mass is 464 g/mol. The molecule has 1 N–H and O–H groups in total. The Morgan fingerprint density at radius 1 is 0.939 bits per heavy atom. The van der Waals surface area contributed by atoms with Crippen LogP contribution in [0, 0.1) is 0 Å². The van der Waals surface area contributed by atoms with Crippen molar-refractivity contribution >= 4 is 23.4 Å². The number of benzene rings is 3. The van der Waals surface area contributed by atoms with Gasteiger partial charge in [0.05, 0.1) is 7.11 Å². The van der Waals surface area contributed by atoms with Gasteiger partial charge in [0, 0.05) is 36.5 Å². The molecule has 33 heavy (non-hydrogen) atoms. The van der Waals surface area contributed by atoms with Crippen molar-refractivity contribution in [1.29, 1.82) is 0 Å². The van der Waals surface area contributed by atoms with Crippen LogP contribution < -0.4 is 10.1 Å². The molecule has 6 heteroatoms. The van der Waals surface area contributed by atoms with E-state index >= 15 is 0 Å². The highest BCUT2D eigenvalue weighted by Crippen LogP contribution is 2.19. The highest BCUT2D eigenvalue weighted by Gasteiger charge is 2.29. The molecule has 5 nitrogen and oxygen atoms in total. The number of ether oxygens (including phenoxy) is 1. The SMILES string of the molecule is CCC(=O)N(Cc1ccc(Cl)cc1)[C@@H](Cc1ccccc1)C(=O)NCc1ccccc1OC. The zero-order chi connectivity index (χ0) is 23.6. The first-order valence-electron chi connectivity index (χ1n) is 11.0. The maximum atomic E-state index is 13.5. The van der Waals surface area contributed by atoms with Crippen LogP contribution in [0.5, 0.6) is 5.75 Å². The number of methoxy groups -OCH3 is 1. The molecule has 0 aliphatic heterocycles. The van der Waals surface area contributed by atoms with E-state index in [1.807, 2.05) is 73.7 Å². The van der Waals surface area contributed by atoms with Crippen LogP contribution in [0.1, 0.15) is 30.0 Å². The molecule has 0 spiro atoms. The van der Waals surface area contributed by atoms with Crippen molar-refractivity contribution in [3.63, 3.8) is 0 Å². The molecule has 0 radical (unpaired) electrons. The zero-order valence-electron chi connectivity index (χ0n) is 19.0. The van der Waals surface area contributed by atoms with E-state index in [-0.39, 0.29) is 11.8 Å². The Labute approximate surface area is 200 Å². The van der Waals surface area contributed by atoms with E-state index in [0.29, 0.717) is 36.7 Å². The molecule has 0 aromatic heterocycles. The van der Waals surface area contributed by atoms with Crippen LogP contribution in [0.3, 0.4) is 0 Å². The number of carbonyl (C=O) groups excluding carboxylic acids is 2. The number of nitrogens with one attached hydrogen (secondary N) is 1. The van der Waals surface area contributed by atoms with Gasteiger partial charge in [0.25, 0.3) is 0 Å². The Morgan fingerprint density at radius 2 is 1.61 bits per heavy atom. The summed E-state index contributed by atoms with van der Waals surface area (Å²) in [5, 5.41) is 3.64. The second kappa shape index (κ2) is 12.1. The summed E-state index contributed by atoms with van der Waals surface area (Å²) in [4.78, 5) is 28.1. The predicted octanol–water partition coefficient (Wildman–Crippen LogP) is 5.01. The Balaban J connectivity index is 1.87.